The van der Waals surface area contributed by atoms with Gasteiger partial charge in [0.1, 0.15) is 5.75 Å². The Bertz CT molecular complexity index is 607. The number of ether oxygens (including phenoxy) is 1. The molecular weight excluding hydrogens is 288 g/mol. The van der Waals surface area contributed by atoms with Crippen molar-refractivity contribution in [2.24, 2.45) is 0 Å². The predicted molar refractivity (Wildman–Crippen MR) is 81.1 cm³/mol. The molecule has 1 N–H and O–H groups in total. The molecule has 21 heavy (non-hydrogen) atoms. The van der Waals surface area contributed by atoms with E-state index < -0.39 is 10.0 Å². The van der Waals surface area contributed by atoms with E-state index in [1.54, 1.807) is 22.5 Å². The third-order valence-corrected chi connectivity index (χ3v) is 6.27. The fourth-order valence-corrected chi connectivity index (χ4v) is 4.55. The van der Waals surface area contributed by atoms with Crippen molar-refractivity contribution in [2.75, 3.05) is 26.7 Å². The highest BCUT2D eigenvalue weighted by atomic mass is 32.2. The van der Waals surface area contributed by atoms with E-state index in [-0.39, 0.29) is 0 Å². The van der Waals surface area contributed by atoms with Crippen LogP contribution in [0.1, 0.15) is 24.8 Å². The quantitative estimate of drug-likeness (QED) is 0.916. The van der Waals surface area contributed by atoms with E-state index in [2.05, 4.69) is 5.32 Å². The van der Waals surface area contributed by atoms with Gasteiger partial charge in [0.15, 0.2) is 0 Å². The number of nitrogens with zero attached hydrogens (tertiary/aromatic N) is 1. The Labute approximate surface area is 126 Å². The summed E-state index contributed by atoms with van der Waals surface area (Å²) >= 11 is 0. The highest BCUT2D eigenvalue weighted by Gasteiger charge is 2.29. The molecule has 1 fully saturated rings. The fourth-order valence-electron chi connectivity index (χ4n) is 3.03. The highest BCUT2D eigenvalue weighted by Crippen LogP contribution is 2.29. The molecule has 0 saturated carbocycles. The minimum Gasteiger partial charge on any atom is -0.493 e. The van der Waals surface area contributed by atoms with Crippen molar-refractivity contribution in [1.29, 1.82) is 0 Å². The second kappa shape index (κ2) is 5.94. The first-order valence-electron chi connectivity index (χ1n) is 7.54. The van der Waals surface area contributed by atoms with Gasteiger partial charge in [-0.25, -0.2) is 8.42 Å². The van der Waals surface area contributed by atoms with Gasteiger partial charge in [0, 0.05) is 19.1 Å². The molecule has 0 spiro atoms. The number of aryl methyl sites for hydroxylation is 1. The van der Waals surface area contributed by atoms with Crippen molar-refractivity contribution in [1.82, 2.24) is 9.62 Å². The number of piperidine rings is 1. The smallest absolute Gasteiger partial charge is 0.243 e. The molecule has 0 unspecified atom stereocenters. The van der Waals surface area contributed by atoms with Crippen LogP contribution < -0.4 is 10.1 Å². The van der Waals surface area contributed by atoms with E-state index in [0.29, 0.717) is 24.0 Å². The monoisotopic (exact) mass is 310 g/mol. The van der Waals surface area contributed by atoms with Crippen molar-refractivity contribution < 1.29 is 13.2 Å². The Morgan fingerprint density at radius 2 is 2.05 bits per heavy atom. The summed E-state index contributed by atoms with van der Waals surface area (Å²) < 4.78 is 32.6. The van der Waals surface area contributed by atoms with E-state index in [1.807, 2.05) is 7.05 Å². The predicted octanol–water partition coefficient (Wildman–Crippen LogP) is 1.38. The Balaban J connectivity index is 1.82. The van der Waals surface area contributed by atoms with Gasteiger partial charge < -0.3 is 10.1 Å². The minimum atomic E-state index is -3.38. The summed E-state index contributed by atoms with van der Waals surface area (Å²) in [6.45, 7) is 1.89. The largest absolute Gasteiger partial charge is 0.493 e. The van der Waals surface area contributed by atoms with Crippen LogP contribution in [0.25, 0.3) is 0 Å². The van der Waals surface area contributed by atoms with Crippen LogP contribution in [0.4, 0.5) is 0 Å². The van der Waals surface area contributed by atoms with Crippen molar-refractivity contribution in [2.45, 2.75) is 36.6 Å². The Morgan fingerprint density at radius 1 is 1.29 bits per heavy atom. The fraction of sp³-hybridized carbons (Fsp3) is 0.600. The number of sulfonamides is 1. The van der Waals surface area contributed by atoms with E-state index in [9.17, 15) is 8.42 Å². The first-order chi connectivity index (χ1) is 10.1. The number of rotatable bonds is 3. The van der Waals surface area contributed by atoms with Crippen molar-refractivity contribution in [3.8, 4) is 5.75 Å². The first-order valence-corrected chi connectivity index (χ1v) is 8.98. The van der Waals surface area contributed by atoms with Crippen LogP contribution in [0.3, 0.4) is 0 Å². The van der Waals surface area contributed by atoms with E-state index in [1.165, 1.54) is 0 Å². The summed E-state index contributed by atoms with van der Waals surface area (Å²) in [6.07, 6.45) is 3.57. The number of nitrogens with one attached hydrogen (secondary N) is 1. The Kier molecular flexibility index (Phi) is 4.19. The molecule has 0 aromatic heterocycles. The normalized spacial score (nSPS) is 20.8. The summed E-state index contributed by atoms with van der Waals surface area (Å²) in [5.74, 6) is 0.828. The first kappa shape index (κ1) is 14.8. The molecule has 0 radical (unpaired) electrons. The molecule has 2 heterocycles. The molecule has 5 nitrogen and oxygen atoms in total. The number of fused-ring (bicyclic) bond motifs is 1. The lowest BCUT2D eigenvalue weighted by molar-refractivity contribution is 0.287. The van der Waals surface area contributed by atoms with Gasteiger partial charge in [-0.15, -0.1) is 0 Å². The maximum absolute atomic E-state index is 12.7. The Hall–Kier alpha value is -1.11. The maximum Gasteiger partial charge on any atom is 0.243 e. The standard InChI is InChI=1S/C15H22N2O3S/c1-16-13-6-8-17(9-7-13)21(18,19)14-4-5-15-12(11-14)3-2-10-20-15/h4-5,11,13,16H,2-3,6-10H2,1H3. The summed E-state index contributed by atoms with van der Waals surface area (Å²) in [5.41, 5.74) is 1.01. The summed E-state index contributed by atoms with van der Waals surface area (Å²) in [5, 5.41) is 3.22. The van der Waals surface area contributed by atoms with Gasteiger partial charge >= 0.3 is 0 Å². The van der Waals surface area contributed by atoms with Gasteiger partial charge in [0.05, 0.1) is 11.5 Å². The third kappa shape index (κ3) is 2.93. The molecule has 0 atom stereocenters. The van der Waals surface area contributed by atoms with E-state index in [0.717, 1.165) is 43.6 Å². The molecule has 6 heteroatoms. The summed E-state index contributed by atoms with van der Waals surface area (Å²) in [6, 6.07) is 5.67. The molecule has 3 rings (SSSR count). The molecule has 0 amide bonds. The summed E-state index contributed by atoms with van der Waals surface area (Å²) in [4.78, 5) is 0.398. The zero-order valence-corrected chi connectivity index (χ0v) is 13.2. The van der Waals surface area contributed by atoms with Gasteiger partial charge in [0.2, 0.25) is 10.0 Å². The average molecular weight is 310 g/mol. The van der Waals surface area contributed by atoms with Crippen molar-refractivity contribution >= 4 is 10.0 Å². The number of hydrogen-bond donors (Lipinski definition) is 1. The second-order valence-electron chi connectivity index (χ2n) is 5.69. The zero-order chi connectivity index (χ0) is 14.9. The molecule has 116 valence electrons. The van der Waals surface area contributed by atoms with Crippen molar-refractivity contribution in [3.05, 3.63) is 23.8 Å². The molecule has 1 saturated heterocycles. The molecule has 1 aromatic carbocycles. The molecule has 0 aliphatic carbocycles. The molecule has 2 aliphatic rings. The highest BCUT2D eigenvalue weighted by molar-refractivity contribution is 7.89. The van der Waals surface area contributed by atoms with Crippen LogP contribution in [0, 0.1) is 0 Å². The van der Waals surface area contributed by atoms with Crippen LogP contribution in [0.2, 0.25) is 0 Å². The maximum atomic E-state index is 12.7. The van der Waals surface area contributed by atoms with Crippen LogP contribution in [-0.2, 0) is 16.4 Å². The van der Waals surface area contributed by atoms with Crippen LogP contribution >= 0.6 is 0 Å². The second-order valence-corrected chi connectivity index (χ2v) is 7.63. The SMILES string of the molecule is CNC1CCN(S(=O)(=O)c2ccc3c(c2)CCCO3)CC1. The Morgan fingerprint density at radius 3 is 2.76 bits per heavy atom. The van der Waals surface area contributed by atoms with Crippen LogP contribution in [0.5, 0.6) is 5.75 Å². The van der Waals surface area contributed by atoms with Gasteiger partial charge in [-0.05, 0) is 56.5 Å². The van der Waals surface area contributed by atoms with Gasteiger partial charge in [0.25, 0.3) is 0 Å². The van der Waals surface area contributed by atoms with E-state index in [4.69, 9.17) is 4.74 Å². The topological polar surface area (TPSA) is 58.6 Å². The van der Waals surface area contributed by atoms with Gasteiger partial charge in [-0.3, -0.25) is 0 Å². The van der Waals surface area contributed by atoms with Gasteiger partial charge in [-0.1, -0.05) is 0 Å². The summed E-state index contributed by atoms with van der Waals surface area (Å²) in [7, 11) is -1.45. The van der Waals surface area contributed by atoms with Crippen LogP contribution in [-0.4, -0.2) is 45.5 Å². The molecule has 0 bridgehead atoms. The minimum absolute atomic E-state index is 0.398. The van der Waals surface area contributed by atoms with Crippen molar-refractivity contribution in [3.63, 3.8) is 0 Å². The number of hydrogen-bond acceptors (Lipinski definition) is 4. The third-order valence-electron chi connectivity index (χ3n) is 4.38. The lowest BCUT2D eigenvalue weighted by Gasteiger charge is -2.31. The molecule has 2 aliphatic heterocycles. The average Bonchev–Trinajstić information content (AvgIpc) is 2.54. The van der Waals surface area contributed by atoms with Crippen LogP contribution in [0.15, 0.2) is 23.1 Å². The zero-order valence-electron chi connectivity index (χ0n) is 12.3. The lowest BCUT2D eigenvalue weighted by atomic mass is 10.1. The van der Waals surface area contributed by atoms with Gasteiger partial charge in [-0.2, -0.15) is 4.31 Å². The lowest BCUT2D eigenvalue weighted by Crippen LogP contribution is -2.43. The molecular formula is C15H22N2O3S. The van der Waals surface area contributed by atoms with E-state index >= 15 is 0 Å². The number of benzene rings is 1. The molecule has 1 aromatic rings.